The fraction of sp³-hybridized carbons (Fsp3) is 0.368. The molecule has 1 saturated heterocycles. The van der Waals surface area contributed by atoms with Crippen LogP contribution in [0, 0.1) is 5.92 Å². The number of hydrogen-bond donors (Lipinski definition) is 2. The first-order valence-electron chi connectivity index (χ1n) is 8.43. The van der Waals surface area contributed by atoms with Gasteiger partial charge in [0.2, 0.25) is 5.91 Å². The van der Waals surface area contributed by atoms with Crippen LogP contribution < -0.4 is 11.1 Å². The second-order valence-electron chi connectivity index (χ2n) is 6.31. The Kier molecular flexibility index (Phi) is 5.56. The van der Waals surface area contributed by atoms with Gasteiger partial charge in [0.25, 0.3) is 0 Å². The zero-order valence-corrected chi connectivity index (χ0v) is 13.8. The third-order valence-corrected chi connectivity index (χ3v) is 4.65. The largest absolute Gasteiger partial charge is 0.330 e. The van der Waals surface area contributed by atoms with Crippen LogP contribution in [0.15, 0.2) is 54.9 Å². The number of pyridine rings is 1. The van der Waals surface area contributed by atoms with Crippen molar-refractivity contribution >= 4 is 11.6 Å². The van der Waals surface area contributed by atoms with Crippen molar-refractivity contribution in [1.82, 2.24) is 9.88 Å². The topological polar surface area (TPSA) is 71.2 Å². The highest BCUT2D eigenvalue weighted by atomic mass is 16.1. The minimum absolute atomic E-state index is 0.0236. The fourth-order valence-electron chi connectivity index (χ4n) is 3.38. The molecule has 0 radical (unpaired) electrons. The summed E-state index contributed by atoms with van der Waals surface area (Å²) >= 11 is 0. The van der Waals surface area contributed by atoms with Gasteiger partial charge in [0.15, 0.2) is 0 Å². The summed E-state index contributed by atoms with van der Waals surface area (Å²) in [5.74, 6) is 0.932. The number of carbonyl (C=O) groups excluding carboxylic acids is 1. The average Bonchev–Trinajstić information content (AvgIpc) is 3.05. The molecule has 3 N–H and O–H groups in total. The lowest BCUT2D eigenvalue weighted by Gasteiger charge is -2.16. The summed E-state index contributed by atoms with van der Waals surface area (Å²) < 4.78 is 0. The molecule has 5 nitrogen and oxygen atoms in total. The van der Waals surface area contributed by atoms with E-state index in [0.717, 1.165) is 25.3 Å². The molecular weight excluding hydrogens is 300 g/mol. The van der Waals surface area contributed by atoms with Crippen LogP contribution in [0.4, 0.5) is 5.69 Å². The van der Waals surface area contributed by atoms with Crippen molar-refractivity contribution in [2.24, 2.45) is 11.7 Å². The maximum Gasteiger partial charge on any atom is 0.225 e. The number of hydrogen-bond acceptors (Lipinski definition) is 4. The highest BCUT2D eigenvalue weighted by Gasteiger charge is 2.32. The zero-order valence-electron chi connectivity index (χ0n) is 13.8. The fourth-order valence-corrected chi connectivity index (χ4v) is 3.38. The number of nitrogens with zero attached hydrogens (tertiary/aromatic N) is 2. The number of aromatic nitrogens is 1. The van der Waals surface area contributed by atoms with Crippen LogP contribution in [0.3, 0.4) is 0 Å². The molecule has 2 heterocycles. The molecule has 0 saturated carbocycles. The predicted octanol–water partition coefficient (Wildman–Crippen LogP) is 2.08. The molecule has 24 heavy (non-hydrogen) atoms. The molecule has 2 aromatic rings. The molecule has 1 aliphatic heterocycles. The predicted molar refractivity (Wildman–Crippen MR) is 95.7 cm³/mol. The second kappa shape index (κ2) is 8.04. The summed E-state index contributed by atoms with van der Waals surface area (Å²) in [5, 5.41) is 2.88. The molecule has 0 aliphatic carbocycles. The average molecular weight is 324 g/mol. The number of carbonyl (C=O) groups is 1. The van der Waals surface area contributed by atoms with E-state index in [9.17, 15) is 4.79 Å². The Morgan fingerprint density at radius 3 is 2.75 bits per heavy atom. The first kappa shape index (κ1) is 16.6. The monoisotopic (exact) mass is 324 g/mol. The minimum atomic E-state index is 0.0236. The van der Waals surface area contributed by atoms with Gasteiger partial charge in [-0.15, -0.1) is 0 Å². The van der Waals surface area contributed by atoms with Crippen molar-refractivity contribution in [3.05, 3.63) is 60.4 Å². The van der Waals surface area contributed by atoms with Gasteiger partial charge in [-0.1, -0.05) is 30.3 Å². The van der Waals surface area contributed by atoms with Crippen LogP contribution >= 0.6 is 0 Å². The molecule has 0 spiro atoms. The van der Waals surface area contributed by atoms with Gasteiger partial charge in [0, 0.05) is 38.2 Å². The lowest BCUT2D eigenvalue weighted by molar-refractivity contribution is -0.116. The molecule has 126 valence electrons. The maximum absolute atomic E-state index is 12.1. The van der Waals surface area contributed by atoms with E-state index in [4.69, 9.17) is 5.73 Å². The Morgan fingerprint density at radius 1 is 1.21 bits per heavy atom. The van der Waals surface area contributed by atoms with Crippen LogP contribution in [-0.4, -0.2) is 42.0 Å². The zero-order chi connectivity index (χ0) is 16.8. The molecular formula is C19H24N4O. The number of amides is 1. The molecule has 1 amide bonds. The lowest BCUT2D eigenvalue weighted by Crippen LogP contribution is -2.27. The van der Waals surface area contributed by atoms with E-state index in [2.05, 4.69) is 39.5 Å². The SMILES string of the molecule is NC[C@@H]1CN(CCC(=O)Nc2cccnc2)C[C@H]1c1ccccc1. The van der Waals surface area contributed by atoms with Crippen molar-refractivity contribution in [2.45, 2.75) is 12.3 Å². The molecule has 1 aromatic carbocycles. The molecule has 3 rings (SSSR count). The van der Waals surface area contributed by atoms with Crippen molar-refractivity contribution in [1.29, 1.82) is 0 Å². The number of rotatable bonds is 6. The Bertz CT molecular complexity index is 647. The summed E-state index contributed by atoms with van der Waals surface area (Å²) in [7, 11) is 0. The van der Waals surface area contributed by atoms with Gasteiger partial charge in [-0.05, 0) is 30.2 Å². The quantitative estimate of drug-likeness (QED) is 0.853. The first-order valence-corrected chi connectivity index (χ1v) is 8.43. The molecule has 0 bridgehead atoms. The van der Waals surface area contributed by atoms with Gasteiger partial charge in [-0.25, -0.2) is 0 Å². The van der Waals surface area contributed by atoms with E-state index < -0.39 is 0 Å². The summed E-state index contributed by atoms with van der Waals surface area (Å²) in [6.07, 6.45) is 3.83. The van der Waals surface area contributed by atoms with Crippen LogP contribution in [0.5, 0.6) is 0 Å². The molecule has 0 unspecified atom stereocenters. The van der Waals surface area contributed by atoms with Gasteiger partial charge in [0.1, 0.15) is 0 Å². The van der Waals surface area contributed by atoms with E-state index in [1.165, 1.54) is 5.56 Å². The lowest BCUT2D eigenvalue weighted by atomic mass is 9.89. The standard InChI is InChI=1S/C19H24N4O/c20-11-16-13-23(14-18(16)15-5-2-1-3-6-15)10-8-19(24)22-17-7-4-9-21-12-17/h1-7,9,12,16,18H,8,10-11,13-14,20H2,(H,22,24)/t16-,18+/m1/s1. The molecule has 1 aromatic heterocycles. The van der Waals surface area contributed by atoms with E-state index in [-0.39, 0.29) is 5.91 Å². The Morgan fingerprint density at radius 2 is 2.04 bits per heavy atom. The number of benzene rings is 1. The van der Waals surface area contributed by atoms with Gasteiger partial charge >= 0.3 is 0 Å². The third kappa shape index (κ3) is 4.19. The summed E-state index contributed by atoms with van der Waals surface area (Å²) in [5.41, 5.74) is 8.05. The normalized spacial score (nSPS) is 20.9. The minimum Gasteiger partial charge on any atom is -0.330 e. The third-order valence-electron chi connectivity index (χ3n) is 4.65. The summed E-state index contributed by atoms with van der Waals surface area (Å²) in [6, 6.07) is 14.2. The van der Waals surface area contributed by atoms with Crippen LogP contribution in [0.25, 0.3) is 0 Å². The number of anilines is 1. The van der Waals surface area contributed by atoms with Crippen molar-refractivity contribution in [2.75, 3.05) is 31.5 Å². The first-order chi connectivity index (χ1) is 11.8. The Labute approximate surface area is 142 Å². The Hall–Kier alpha value is -2.24. The van der Waals surface area contributed by atoms with E-state index in [0.29, 0.717) is 24.8 Å². The summed E-state index contributed by atoms with van der Waals surface area (Å²) in [4.78, 5) is 18.4. The number of nitrogens with one attached hydrogen (secondary N) is 1. The smallest absolute Gasteiger partial charge is 0.225 e. The second-order valence-corrected chi connectivity index (χ2v) is 6.31. The maximum atomic E-state index is 12.1. The van der Waals surface area contributed by atoms with Gasteiger partial charge < -0.3 is 16.0 Å². The van der Waals surface area contributed by atoms with E-state index in [1.54, 1.807) is 12.4 Å². The molecule has 1 fully saturated rings. The Balaban J connectivity index is 1.52. The highest BCUT2D eigenvalue weighted by Crippen LogP contribution is 2.31. The number of nitrogens with two attached hydrogens (primary N) is 1. The number of likely N-dealkylation sites (tertiary alicyclic amines) is 1. The van der Waals surface area contributed by atoms with E-state index >= 15 is 0 Å². The van der Waals surface area contributed by atoms with Crippen molar-refractivity contribution in [3.8, 4) is 0 Å². The molecule has 1 aliphatic rings. The van der Waals surface area contributed by atoms with Crippen LogP contribution in [-0.2, 0) is 4.79 Å². The molecule has 2 atom stereocenters. The van der Waals surface area contributed by atoms with Crippen LogP contribution in [0.2, 0.25) is 0 Å². The highest BCUT2D eigenvalue weighted by molar-refractivity contribution is 5.90. The van der Waals surface area contributed by atoms with Gasteiger partial charge in [-0.2, -0.15) is 0 Å². The molecule has 5 heteroatoms. The summed E-state index contributed by atoms with van der Waals surface area (Å²) in [6.45, 7) is 3.35. The van der Waals surface area contributed by atoms with Crippen molar-refractivity contribution in [3.63, 3.8) is 0 Å². The van der Waals surface area contributed by atoms with E-state index in [1.807, 2.05) is 18.2 Å². The van der Waals surface area contributed by atoms with Gasteiger partial charge in [0.05, 0.1) is 11.9 Å². The van der Waals surface area contributed by atoms with Crippen molar-refractivity contribution < 1.29 is 4.79 Å². The van der Waals surface area contributed by atoms with Crippen LogP contribution in [0.1, 0.15) is 17.9 Å². The van der Waals surface area contributed by atoms with Gasteiger partial charge in [-0.3, -0.25) is 9.78 Å².